The highest BCUT2D eigenvalue weighted by Crippen LogP contribution is 2.23. The molecule has 1 aromatic rings. The van der Waals surface area contributed by atoms with Crippen molar-refractivity contribution >= 4 is 0 Å². The maximum atomic E-state index is 9.97. The number of hydrogen-bond acceptors (Lipinski definition) is 5. The Labute approximate surface area is 121 Å². The minimum absolute atomic E-state index is 0.113. The molecule has 0 aromatic carbocycles. The molecule has 0 atom stereocenters. The van der Waals surface area contributed by atoms with Crippen molar-refractivity contribution in [3.8, 4) is 5.75 Å². The molecule has 20 heavy (non-hydrogen) atoms. The monoisotopic (exact) mass is 282 g/mol. The van der Waals surface area contributed by atoms with Crippen molar-refractivity contribution < 1.29 is 14.9 Å². The van der Waals surface area contributed by atoms with Crippen LogP contribution in [0.2, 0.25) is 0 Å². The van der Waals surface area contributed by atoms with Crippen LogP contribution in [0.15, 0.2) is 6.20 Å². The first-order valence-corrected chi connectivity index (χ1v) is 7.26. The quantitative estimate of drug-likeness (QED) is 0.571. The summed E-state index contributed by atoms with van der Waals surface area (Å²) >= 11 is 0. The third-order valence-corrected chi connectivity index (χ3v) is 3.19. The van der Waals surface area contributed by atoms with Crippen LogP contribution in [0.1, 0.15) is 43.0 Å². The Morgan fingerprint density at radius 3 is 2.75 bits per heavy atom. The van der Waals surface area contributed by atoms with Gasteiger partial charge in [0, 0.05) is 37.1 Å². The van der Waals surface area contributed by atoms with Gasteiger partial charge in [-0.2, -0.15) is 0 Å². The molecule has 0 saturated heterocycles. The van der Waals surface area contributed by atoms with Crippen molar-refractivity contribution in [2.75, 3.05) is 19.8 Å². The Balaban J connectivity index is 2.30. The molecule has 0 unspecified atom stereocenters. The van der Waals surface area contributed by atoms with Crippen molar-refractivity contribution in [3.05, 3.63) is 23.0 Å². The fraction of sp³-hybridized carbons (Fsp3) is 0.667. The summed E-state index contributed by atoms with van der Waals surface area (Å²) in [5.74, 6) is 0.170. The fourth-order valence-corrected chi connectivity index (χ4v) is 1.88. The average molecular weight is 282 g/mol. The van der Waals surface area contributed by atoms with Gasteiger partial charge in [0.05, 0.1) is 12.3 Å². The van der Waals surface area contributed by atoms with E-state index in [9.17, 15) is 10.2 Å². The van der Waals surface area contributed by atoms with Gasteiger partial charge in [0.2, 0.25) is 0 Å². The summed E-state index contributed by atoms with van der Waals surface area (Å²) in [6.07, 6.45) is 4.81. The SMILES string of the molecule is CCCCOCCCNCc1c(CO)cnc(C)c1O. The first-order valence-electron chi connectivity index (χ1n) is 7.26. The maximum absolute atomic E-state index is 9.97. The normalized spacial score (nSPS) is 10.9. The first kappa shape index (κ1) is 16.9. The van der Waals surface area contributed by atoms with E-state index in [1.54, 1.807) is 13.1 Å². The lowest BCUT2D eigenvalue weighted by Gasteiger charge is -2.12. The van der Waals surface area contributed by atoms with Gasteiger partial charge in [-0.3, -0.25) is 4.98 Å². The molecule has 1 aromatic heterocycles. The largest absolute Gasteiger partial charge is 0.506 e. The number of aryl methyl sites for hydroxylation is 1. The van der Waals surface area contributed by atoms with Gasteiger partial charge in [0.25, 0.3) is 0 Å². The molecule has 0 bridgehead atoms. The van der Waals surface area contributed by atoms with E-state index in [0.717, 1.165) is 44.6 Å². The molecule has 0 spiro atoms. The molecule has 0 aliphatic rings. The van der Waals surface area contributed by atoms with Crippen LogP contribution < -0.4 is 5.32 Å². The number of pyridine rings is 1. The van der Waals surface area contributed by atoms with Crippen molar-refractivity contribution in [2.45, 2.75) is 46.3 Å². The van der Waals surface area contributed by atoms with Crippen molar-refractivity contribution in [3.63, 3.8) is 0 Å². The molecule has 0 amide bonds. The number of rotatable bonds is 10. The second-order valence-corrected chi connectivity index (χ2v) is 4.85. The van der Waals surface area contributed by atoms with E-state index in [0.29, 0.717) is 17.8 Å². The second kappa shape index (κ2) is 9.69. The zero-order valence-electron chi connectivity index (χ0n) is 12.5. The van der Waals surface area contributed by atoms with Gasteiger partial charge in [-0.25, -0.2) is 0 Å². The van der Waals surface area contributed by atoms with E-state index in [1.807, 2.05) is 0 Å². The van der Waals surface area contributed by atoms with Crippen molar-refractivity contribution in [2.24, 2.45) is 0 Å². The fourth-order valence-electron chi connectivity index (χ4n) is 1.88. The van der Waals surface area contributed by atoms with E-state index >= 15 is 0 Å². The number of ether oxygens (including phenoxy) is 1. The molecule has 1 rings (SSSR count). The highest BCUT2D eigenvalue weighted by Gasteiger charge is 2.10. The number of hydrogen-bond donors (Lipinski definition) is 3. The standard InChI is InChI=1S/C15H26N2O3/c1-3-4-7-20-8-5-6-16-10-14-13(11-18)9-17-12(2)15(14)19/h9,16,18-19H,3-8,10-11H2,1-2H3. The molecule has 5 heteroatoms. The number of unbranched alkanes of at least 4 members (excludes halogenated alkanes) is 1. The van der Waals surface area contributed by atoms with Crippen LogP contribution in [0.25, 0.3) is 0 Å². The number of aliphatic hydroxyl groups is 1. The average Bonchev–Trinajstić information content (AvgIpc) is 2.46. The number of nitrogens with zero attached hydrogens (tertiary/aromatic N) is 1. The van der Waals surface area contributed by atoms with E-state index in [2.05, 4.69) is 17.2 Å². The van der Waals surface area contributed by atoms with Crippen LogP contribution in [0.4, 0.5) is 0 Å². The molecule has 1 heterocycles. The highest BCUT2D eigenvalue weighted by molar-refractivity contribution is 5.40. The maximum Gasteiger partial charge on any atom is 0.141 e. The van der Waals surface area contributed by atoms with E-state index in [4.69, 9.17) is 4.74 Å². The molecular formula is C15H26N2O3. The summed E-state index contributed by atoms with van der Waals surface area (Å²) in [5.41, 5.74) is 1.98. The van der Waals surface area contributed by atoms with Crippen LogP contribution in [0.5, 0.6) is 5.75 Å². The topological polar surface area (TPSA) is 74.6 Å². The summed E-state index contributed by atoms with van der Waals surface area (Å²) in [6.45, 7) is 6.71. The van der Waals surface area contributed by atoms with E-state index in [1.165, 1.54) is 0 Å². The predicted molar refractivity (Wildman–Crippen MR) is 78.6 cm³/mol. The zero-order valence-corrected chi connectivity index (χ0v) is 12.5. The van der Waals surface area contributed by atoms with Gasteiger partial charge in [0.15, 0.2) is 0 Å². The van der Waals surface area contributed by atoms with Gasteiger partial charge < -0.3 is 20.3 Å². The highest BCUT2D eigenvalue weighted by atomic mass is 16.5. The first-order chi connectivity index (χ1) is 9.70. The summed E-state index contributed by atoms with van der Waals surface area (Å²) in [4.78, 5) is 4.04. The van der Waals surface area contributed by atoms with Crippen molar-refractivity contribution in [1.82, 2.24) is 10.3 Å². The Morgan fingerprint density at radius 1 is 1.30 bits per heavy atom. The number of aromatic hydroxyl groups is 1. The molecule has 0 aliphatic heterocycles. The third kappa shape index (κ3) is 5.45. The molecular weight excluding hydrogens is 256 g/mol. The van der Waals surface area contributed by atoms with E-state index in [-0.39, 0.29) is 12.4 Å². The van der Waals surface area contributed by atoms with Crippen LogP contribution in [0, 0.1) is 6.92 Å². The molecule has 5 nitrogen and oxygen atoms in total. The Kier molecular flexibility index (Phi) is 8.18. The summed E-state index contributed by atoms with van der Waals surface area (Å²) < 4.78 is 5.47. The Bertz CT molecular complexity index is 397. The minimum Gasteiger partial charge on any atom is -0.506 e. The van der Waals surface area contributed by atoms with Crippen molar-refractivity contribution in [1.29, 1.82) is 0 Å². The molecule has 0 aliphatic carbocycles. The minimum atomic E-state index is -0.113. The van der Waals surface area contributed by atoms with Gasteiger partial charge >= 0.3 is 0 Å². The van der Waals surface area contributed by atoms with Gasteiger partial charge in [-0.1, -0.05) is 13.3 Å². The summed E-state index contributed by atoms with van der Waals surface area (Å²) in [7, 11) is 0. The molecule has 0 saturated carbocycles. The van der Waals surface area contributed by atoms with Crippen LogP contribution in [0.3, 0.4) is 0 Å². The van der Waals surface area contributed by atoms with Crippen LogP contribution in [-0.2, 0) is 17.9 Å². The third-order valence-electron chi connectivity index (χ3n) is 3.19. The Hall–Kier alpha value is -1.17. The molecule has 3 N–H and O–H groups in total. The predicted octanol–water partition coefficient (Wildman–Crippen LogP) is 1.88. The van der Waals surface area contributed by atoms with E-state index < -0.39 is 0 Å². The van der Waals surface area contributed by atoms with Crippen LogP contribution in [-0.4, -0.2) is 35.0 Å². The lowest BCUT2D eigenvalue weighted by Crippen LogP contribution is -2.18. The lowest BCUT2D eigenvalue weighted by molar-refractivity contribution is 0.128. The lowest BCUT2D eigenvalue weighted by atomic mass is 10.1. The number of nitrogens with one attached hydrogen (secondary N) is 1. The number of aliphatic hydroxyl groups excluding tert-OH is 1. The zero-order chi connectivity index (χ0) is 14.8. The summed E-state index contributed by atoms with van der Waals surface area (Å²) in [6, 6.07) is 0. The molecule has 0 fully saturated rings. The van der Waals surface area contributed by atoms with Gasteiger partial charge in [-0.15, -0.1) is 0 Å². The Morgan fingerprint density at radius 2 is 2.05 bits per heavy atom. The molecule has 114 valence electrons. The number of aromatic nitrogens is 1. The smallest absolute Gasteiger partial charge is 0.141 e. The molecule has 0 radical (unpaired) electrons. The van der Waals surface area contributed by atoms with Gasteiger partial charge in [0.1, 0.15) is 5.75 Å². The summed E-state index contributed by atoms with van der Waals surface area (Å²) in [5, 5.41) is 22.5. The van der Waals surface area contributed by atoms with Crippen LogP contribution >= 0.6 is 0 Å². The van der Waals surface area contributed by atoms with Gasteiger partial charge in [-0.05, 0) is 26.3 Å². The second-order valence-electron chi connectivity index (χ2n) is 4.85.